The summed E-state index contributed by atoms with van der Waals surface area (Å²) in [5.74, 6) is 0.516. The van der Waals surface area contributed by atoms with Gasteiger partial charge in [-0.1, -0.05) is 12.1 Å². The fourth-order valence-corrected chi connectivity index (χ4v) is 2.67. The molecule has 1 aromatic heterocycles. The van der Waals surface area contributed by atoms with E-state index in [2.05, 4.69) is 21.3 Å². The van der Waals surface area contributed by atoms with Crippen LogP contribution >= 0.6 is 12.2 Å². The number of nitrogens with one attached hydrogen (secondary N) is 3. The van der Waals surface area contributed by atoms with Crippen molar-refractivity contribution in [3.05, 3.63) is 77.6 Å². The Balaban J connectivity index is 1.47. The fourth-order valence-electron chi connectivity index (χ4n) is 2.55. The number of carbonyl (C=O) groups excluding carboxylic acids is 1. The number of ether oxygens (including phenoxy) is 1. The number of rotatable bonds is 5. The van der Waals surface area contributed by atoms with Crippen LogP contribution in [-0.4, -0.2) is 27.9 Å². The summed E-state index contributed by atoms with van der Waals surface area (Å²) in [7, 11) is 1.63. The van der Waals surface area contributed by atoms with Crippen molar-refractivity contribution >= 4 is 23.2 Å². The Morgan fingerprint density at radius 3 is 2.39 bits per heavy atom. The Bertz CT molecular complexity index is 951. The third-order valence-electron chi connectivity index (χ3n) is 4.11. The van der Waals surface area contributed by atoms with Crippen molar-refractivity contribution in [2.75, 3.05) is 7.11 Å². The van der Waals surface area contributed by atoms with Crippen LogP contribution in [0.15, 0.2) is 60.8 Å². The van der Waals surface area contributed by atoms with Gasteiger partial charge in [0.25, 0.3) is 5.91 Å². The van der Waals surface area contributed by atoms with Crippen LogP contribution in [0.25, 0.3) is 5.69 Å². The van der Waals surface area contributed by atoms with Gasteiger partial charge in [0.1, 0.15) is 5.75 Å². The van der Waals surface area contributed by atoms with Crippen molar-refractivity contribution in [2.24, 2.45) is 0 Å². The van der Waals surface area contributed by atoms with Crippen LogP contribution in [0.3, 0.4) is 0 Å². The number of aryl methyl sites for hydroxylation is 1. The van der Waals surface area contributed by atoms with Crippen LogP contribution in [0, 0.1) is 6.92 Å². The van der Waals surface area contributed by atoms with Crippen molar-refractivity contribution in [2.45, 2.75) is 13.5 Å². The molecule has 0 spiro atoms. The first kappa shape index (κ1) is 19.4. The third kappa shape index (κ3) is 4.86. The van der Waals surface area contributed by atoms with Crippen molar-refractivity contribution in [1.29, 1.82) is 0 Å². The molecule has 1 amide bonds. The topological polar surface area (TPSA) is 80.2 Å². The van der Waals surface area contributed by atoms with Crippen LogP contribution in [0.2, 0.25) is 0 Å². The number of aromatic nitrogens is 2. The predicted molar refractivity (Wildman–Crippen MR) is 111 cm³/mol. The molecule has 0 unspecified atom stereocenters. The fraction of sp³-hybridized carbons (Fsp3) is 0.150. The van der Waals surface area contributed by atoms with Crippen LogP contribution in [-0.2, 0) is 6.54 Å². The van der Waals surface area contributed by atoms with Crippen molar-refractivity contribution < 1.29 is 9.53 Å². The Labute approximate surface area is 168 Å². The maximum absolute atomic E-state index is 12.3. The van der Waals surface area contributed by atoms with E-state index in [1.165, 1.54) is 0 Å². The summed E-state index contributed by atoms with van der Waals surface area (Å²) in [5, 5.41) is 7.60. The third-order valence-corrected chi connectivity index (χ3v) is 4.35. The largest absolute Gasteiger partial charge is 0.497 e. The lowest BCUT2D eigenvalue weighted by Crippen LogP contribution is -2.46. The standard InChI is InChI=1S/C20H21N5O2S/c1-14-11-12-22-25(14)17-7-5-16(6-8-17)19(26)23-24-20(28)21-13-15-3-9-18(27-2)10-4-15/h3-12H,13H2,1-2H3,(H,23,26)(H2,21,24,28). The van der Waals surface area contributed by atoms with E-state index >= 15 is 0 Å². The molecule has 8 heteroatoms. The second kappa shape index (κ2) is 9.01. The zero-order chi connectivity index (χ0) is 19.9. The zero-order valence-corrected chi connectivity index (χ0v) is 16.4. The van der Waals surface area contributed by atoms with Gasteiger partial charge < -0.3 is 10.1 Å². The van der Waals surface area contributed by atoms with E-state index in [1.54, 1.807) is 30.1 Å². The first-order valence-corrected chi connectivity index (χ1v) is 9.06. The molecule has 1 heterocycles. The Morgan fingerprint density at radius 1 is 1.07 bits per heavy atom. The molecular formula is C20H21N5O2S. The second-order valence-electron chi connectivity index (χ2n) is 6.04. The minimum absolute atomic E-state index is 0.280. The van der Waals surface area contributed by atoms with E-state index in [9.17, 15) is 4.79 Å². The number of amides is 1. The van der Waals surface area contributed by atoms with E-state index in [-0.39, 0.29) is 5.91 Å². The van der Waals surface area contributed by atoms with Gasteiger partial charge in [0.15, 0.2) is 5.11 Å². The number of methoxy groups -OCH3 is 1. The highest BCUT2D eigenvalue weighted by molar-refractivity contribution is 7.80. The van der Waals surface area contributed by atoms with Crippen LogP contribution in [0.4, 0.5) is 0 Å². The average molecular weight is 395 g/mol. The molecule has 0 aliphatic heterocycles. The lowest BCUT2D eigenvalue weighted by atomic mass is 10.2. The number of hydrogen-bond donors (Lipinski definition) is 3. The van der Waals surface area contributed by atoms with Crippen LogP contribution < -0.4 is 20.9 Å². The quantitative estimate of drug-likeness (QED) is 0.455. The molecule has 0 atom stereocenters. The van der Waals surface area contributed by atoms with Crippen LogP contribution in [0.1, 0.15) is 21.6 Å². The number of hydrogen-bond acceptors (Lipinski definition) is 4. The number of nitrogens with zero attached hydrogens (tertiary/aromatic N) is 2. The van der Waals surface area contributed by atoms with Gasteiger partial charge in [-0.3, -0.25) is 15.6 Å². The maximum atomic E-state index is 12.3. The molecule has 3 rings (SSSR count). The smallest absolute Gasteiger partial charge is 0.269 e. The Morgan fingerprint density at radius 2 is 1.79 bits per heavy atom. The summed E-state index contributed by atoms with van der Waals surface area (Å²) in [4.78, 5) is 12.3. The minimum atomic E-state index is -0.280. The summed E-state index contributed by atoms with van der Waals surface area (Å²) in [6, 6.07) is 16.7. The highest BCUT2D eigenvalue weighted by Gasteiger charge is 2.07. The van der Waals surface area contributed by atoms with Crippen molar-refractivity contribution in [3.8, 4) is 11.4 Å². The Hall–Kier alpha value is -3.39. The predicted octanol–water partition coefficient (Wildman–Crippen LogP) is 2.50. The summed E-state index contributed by atoms with van der Waals surface area (Å²) in [6.45, 7) is 2.50. The first-order chi connectivity index (χ1) is 13.6. The molecular weight excluding hydrogens is 374 g/mol. The molecule has 7 nitrogen and oxygen atoms in total. The van der Waals surface area contributed by atoms with Gasteiger partial charge in [-0.2, -0.15) is 5.10 Å². The number of hydrazine groups is 1. The Kier molecular flexibility index (Phi) is 6.23. The molecule has 0 bridgehead atoms. The van der Waals surface area contributed by atoms with E-state index in [1.807, 2.05) is 49.4 Å². The van der Waals surface area contributed by atoms with Gasteiger partial charge in [-0.15, -0.1) is 0 Å². The van der Waals surface area contributed by atoms with Crippen molar-refractivity contribution in [3.63, 3.8) is 0 Å². The lowest BCUT2D eigenvalue weighted by Gasteiger charge is -2.12. The highest BCUT2D eigenvalue weighted by Crippen LogP contribution is 2.12. The molecule has 28 heavy (non-hydrogen) atoms. The molecule has 0 radical (unpaired) electrons. The molecule has 0 saturated carbocycles. The molecule has 3 N–H and O–H groups in total. The summed E-state index contributed by atoms with van der Waals surface area (Å²) < 4.78 is 6.93. The maximum Gasteiger partial charge on any atom is 0.269 e. The molecule has 3 aromatic rings. The molecule has 0 aliphatic rings. The van der Waals surface area contributed by atoms with Gasteiger partial charge in [0.05, 0.1) is 12.8 Å². The second-order valence-corrected chi connectivity index (χ2v) is 6.45. The van der Waals surface area contributed by atoms with Gasteiger partial charge in [-0.25, -0.2) is 4.68 Å². The summed E-state index contributed by atoms with van der Waals surface area (Å²) in [6.07, 6.45) is 1.74. The van der Waals surface area contributed by atoms with Crippen LogP contribution in [0.5, 0.6) is 5.75 Å². The zero-order valence-electron chi connectivity index (χ0n) is 15.6. The van der Waals surface area contributed by atoms with Gasteiger partial charge in [-0.05, 0) is 67.2 Å². The first-order valence-electron chi connectivity index (χ1n) is 8.65. The van der Waals surface area contributed by atoms with Gasteiger partial charge >= 0.3 is 0 Å². The van der Waals surface area contributed by atoms with E-state index in [0.717, 1.165) is 22.7 Å². The minimum Gasteiger partial charge on any atom is -0.497 e. The van der Waals surface area contributed by atoms with E-state index in [4.69, 9.17) is 17.0 Å². The molecule has 0 saturated heterocycles. The normalized spacial score (nSPS) is 10.2. The number of benzene rings is 2. The van der Waals surface area contributed by atoms with E-state index in [0.29, 0.717) is 17.2 Å². The van der Waals surface area contributed by atoms with Gasteiger partial charge in [0, 0.05) is 24.0 Å². The molecule has 0 fully saturated rings. The number of carbonyl (C=O) groups is 1. The average Bonchev–Trinajstić information content (AvgIpc) is 3.16. The van der Waals surface area contributed by atoms with E-state index < -0.39 is 0 Å². The van der Waals surface area contributed by atoms with Gasteiger partial charge in [0.2, 0.25) is 0 Å². The molecule has 144 valence electrons. The molecule has 0 aliphatic carbocycles. The monoisotopic (exact) mass is 395 g/mol. The van der Waals surface area contributed by atoms with Crippen molar-refractivity contribution in [1.82, 2.24) is 25.9 Å². The highest BCUT2D eigenvalue weighted by atomic mass is 32.1. The SMILES string of the molecule is COc1ccc(CNC(=S)NNC(=O)c2ccc(-n3nccc3C)cc2)cc1. The number of thiocarbonyl (C=S) groups is 1. The lowest BCUT2D eigenvalue weighted by molar-refractivity contribution is 0.0943. The molecule has 2 aromatic carbocycles. The summed E-state index contributed by atoms with van der Waals surface area (Å²) >= 11 is 5.19. The summed E-state index contributed by atoms with van der Waals surface area (Å²) in [5.41, 5.74) is 8.76.